The Labute approximate surface area is 106 Å². The van der Waals surface area contributed by atoms with E-state index in [0.717, 1.165) is 29.9 Å². The quantitative estimate of drug-likeness (QED) is 0.832. The molecule has 1 saturated carbocycles. The van der Waals surface area contributed by atoms with Crippen LogP contribution in [0.5, 0.6) is 0 Å². The van der Waals surface area contributed by atoms with Crippen LogP contribution in [0.25, 0.3) is 5.65 Å². The molecule has 2 heterocycles. The Morgan fingerprint density at radius 2 is 2.33 bits per heavy atom. The average Bonchev–Trinajstić information content (AvgIpc) is 2.95. The van der Waals surface area contributed by atoms with Crippen LogP contribution in [0.4, 0.5) is 0 Å². The number of hydrogen-bond donors (Lipinski definition) is 1. The van der Waals surface area contributed by atoms with Gasteiger partial charge in [-0.25, -0.2) is 0 Å². The summed E-state index contributed by atoms with van der Waals surface area (Å²) in [5, 5.41) is 12.0. The van der Waals surface area contributed by atoms with Crippen LogP contribution < -0.4 is 5.32 Å². The molecule has 1 fully saturated rings. The van der Waals surface area contributed by atoms with Crippen LogP contribution in [0.2, 0.25) is 0 Å². The summed E-state index contributed by atoms with van der Waals surface area (Å²) in [7, 11) is 0. The van der Waals surface area contributed by atoms with Crippen LogP contribution in [0.15, 0.2) is 36.5 Å². The van der Waals surface area contributed by atoms with Crippen molar-refractivity contribution in [1.29, 1.82) is 0 Å². The minimum atomic E-state index is 0.629. The monoisotopic (exact) mass is 240 g/mol. The fraction of sp³-hybridized carbons (Fsp3) is 0.429. The SMILES string of the molecule is C1=CC2C(C1)CC2NCc1nnc2ccccn12. The van der Waals surface area contributed by atoms with Crippen molar-refractivity contribution in [3.63, 3.8) is 0 Å². The number of pyridine rings is 1. The second-order valence-corrected chi connectivity index (χ2v) is 5.27. The molecule has 3 unspecified atom stereocenters. The highest BCUT2D eigenvalue weighted by molar-refractivity contribution is 5.36. The first kappa shape index (κ1) is 10.3. The molecule has 3 atom stereocenters. The standard InChI is InChI=1S/C14H16N4/c1-2-7-18-13(6-1)16-17-14(18)9-15-12-8-10-4-3-5-11(10)12/h1-3,5-7,10-12,15H,4,8-9H2. The molecule has 4 heteroatoms. The molecule has 2 aliphatic rings. The number of nitrogens with zero attached hydrogens (tertiary/aromatic N) is 3. The fourth-order valence-corrected chi connectivity index (χ4v) is 3.18. The first-order valence-corrected chi connectivity index (χ1v) is 6.60. The second kappa shape index (κ2) is 3.92. The van der Waals surface area contributed by atoms with E-state index in [9.17, 15) is 0 Å². The predicted octanol–water partition coefficient (Wildman–Crippen LogP) is 1.78. The van der Waals surface area contributed by atoms with E-state index in [4.69, 9.17) is 0 Å². The Balaban J connectivity index is 1.47. The molecule has 4 rings (SSSR count). The summed E-state index contributed by atoms with van der Waals surface area (Å²) in [6.45, 7) is 0.799. The number of fused-ring (bicyclic) bond motifs is 2. The van der Waals surface area contributed by atoms with Crippen LogP contribution in [-0.4, -0.2) is 20.6 Å². The van der Waals surface area contributed by atoms with Gasteiger partial charge in [-0.1, -0.05) is 18.2 Å². The lowest BCUT2D eigenvalue weighted by Crippen LogP contribution is -2.47. The molecular formula is C14H16N4. The van der Waals surface area contributed by atoms with Gasteiger partial charge in [-0.15, -0.1) is 10.2 Å². The lowest BCUT2D eigenvalue weighted by Gasteiger charge is -2.40. The zero-order valence-electron chi connectivity index (χ0n) is 10.2. The van der Waals surface area contributed by atoms with Crippen LogP contribution in [0.1, 0.15) is 18.7 Å². The number of nitrogens with one attached hydrogen (secondary N) is 1. The van der Waals surface area contributed by atoms with Gasteiger partial charge in [-0.05, 0) is 36.8 Å². The molecule has 0 aliphatic heterocycles. The van der Waals surface area contributed by atoms with Crippen molar-refractivity contribution in [1.82, 2.24) is 19.9 Å². The highest BCUT2D eigenvalue weighted by atomic mass is 15.3. The van der Waals surface area contributed by atoms with Crippen molar-refractivity contribution >= 4 is 5.65 Å². The highest BCUT2D eigenvalue weighted by Crippen LogP contribution is 2.42. The summed E-state index contributed by atoms with van der Waals surface area (Å²) in [6.07, 6.45) is 9.29. The van der Waals surface area contributed by atoms with Crippen LogP contribution in [0.3, 0.4) is 0 Å². The normalized spacial score (nSPS) is 29.4. The summed E-state index contributed by atoms with van der Waals surface area (Å²) in [5.41, 5.74) is 0.918. The van der Waals surface area contributed by atoms with E-state index in [0.29, 0.717) is 6.04 Å². The van der Waals surface area contributed by atoms with Gasteiger partial charge in [0.1, 0.15) is 0 Å². The van der Waals surface area contributed by atoms with Crippen molar-refractivity contribution in [3.8, 4) is 0 Å². The number of hydrogen-bond acceptors (Lipinski definition) is 3. The number of rotatable bonds is 3. The van der Waals surface area contributed by atoms with Gasteiger partial charge in [0.2, 0.25) is 0 Å². The zero-order valence-corrected chi connectivity index (χ0v) is 10.2. The molecule has 2 aromatic rings. The number of allylic oxidation sites excluding steroid dienone is 1. The van der Waals surface area contributed by atoms with Crippen LogP contribution in [0, 0.1) is 11.8 Å². The summed E-state index contributed by atoms with van der Waals surface area (Å²) in [6, 6.07) is 6.61. The molecule has 1 N–H and O–H groups in total. The molecule has 2 aromatic heterocycles. The summed E-state index contributed by atoms with van der Waals surface area (Å²) in [4.78, 5) is 0. The molecule has 18 heavy (non-hydrogen) atoms. The van der Waals surface area contributed by atoms with Gasteiger partial charge in [0, 0.05) is 12.2 Å². The first-order valence-electron chi connectivity index (χ1n) is 6.60. The van der Waals surface area contributed by atoms with E-state index < -0.39 is 0 Å². The molecule has 92 valence electrons. The van der Waals surface area contributed by atoms with E-state index in [1.807, 2.05) is 28.8 Å². The Morgan fingerprint density at radius 1 is 1.33 bits per heavy atom. The molecule has 0 spiro atoms. The molecule has 0 amide bonds. The van der Waals surface area contributed by atoms with E-state index >= 15 is 0 Å². The minimum absolute atomic E-state index is 0.629. The summed E-state index contributed by atoms with van der Waals surface area (Å²) in [5.74, 6) is 2.65. The second-order valence-electron chi connectivity index (χ2n) is 5.27. The third-order valence-corrected chi connectivity index (χ3v) is 4.27. The maximum atomic E-state index is 4.24. The third-order valence-electron chi connectivity index (χ3n) is 4.27. The maximum Gasteiger partial charge on any atom is 0.160 e. The lowest BCUT2D eigenvalue weighted by atomic mass is 9.71. The van der Waals surface area contributed by atoms with Gasteiger partial charge in [-0.2, -0.15) is 0 Å². The van der Waals surface area contributed by atoms with Gasteiger partial charge in [-0.3, -0.25) is 4.40 Å². The largest absolute Gasteiger partial charge is 0.306 e. The van der Waals surface area contributed by atoms with Gasteiger partial charge >= 0.3 is 0 Å². The summed E-state index contributed by atoms with van der Waals surface area (Å²) >= 11 is 0. The molecule has 4 nitrogen and oxygen atoms in total. The zero-order chi connectivity index (χ0) is 11.9. The van der Waals surface area contributed by atoms with Crippen molar-refractivity contribution in [2.45, 2.75) is 25.4 Å². The molecule has 0 saturated heterocycles. The van der Waals surface area contributed by atoms with E-state index in [1.165, 1.54) is 12.8 Å². The van der Waals surface area contributed by atoms with Crippen molar-refractivity contribution < 1.29 is 0 Å². The predicted molar refractivity (Wildman–Crippen MR) is 69.0 cm³/mol. The fourth-order valence-electron chi connectivity index (χ4n) is 3.18. The Hall–Kier alpha value is -1.68. The average molecular weight is 240 g/mol. The van der Waals surface area contributed by atoms with Crippen LogP contribution >= 0.6 is 0 Å². The molecule has 0 radical (unpaired) electrons. The first-order chi connectivity index (χ1) is 8.92. The Morgan fingerprint density at radius 3 is 3.28 bits per heavy atom. The van der Waals surface area contributed by atoms with Crippen LogP contribution in [-0.2, 0) is 6.54 Å². The maximum absolute atomic E-state index is 4.24. The summed E-state index contributed by atoms with van der Waals surface area (Å²) < 4.78 is 2.05. The third kappa shape index (κ3) is 1.49. The highest BCUT2D eigenvalue weighted by Gasteiger charge is 2.40. The van der Waals surface area contributed by atoms with Gasteiger partial charge < -0.3 is 5.32 Å². The van der Waals surface area contributed by atoms with E-state index in [-0.39, 0.29) is 0 Å². The van der Waals surface area contributed by atoms with Crippen molar-refractivity contribution in [2.75, 3.05) is 0 Å². The van der Waals surface area contributed by atoms with Crippen molar-refractivity contribution in [2.24, 2.45) is 11.8 Å². The molecule has 2 aliphatic carbocycles. The molecular weight excluding hydrogens is 224 g/mol. The van der Waals surface area contributed by atoms with Gasteiger partial charge in [0.25, 0.3) is 0 Å². The lowest BCUT2D eigenvalue weighted by molar-refractivity contribution is 0.161. The molecule has 0 aromatic carbocycles. The number of aromatic nitrogens is 3. The Kier molecular flexibility index (Phi) is 2.23. The minimum Gasteiger partial charge on any atom is -0.306 e. The van der Waals surface area contributed by atoms with Gasteiger partial charge in [0.15, 0.2) is 11.5 Å². The van der Waals surface area contributed by atoms with Gasteiger partial charge in [0.05, 0.1) is 6.54 Å². The van der Waals surface area contributed by atoms with E-state index in [1.54, 1.807) is 0 Å². The smallest absolute Gasteiger partial charge is 0.160 e. The Bertz CT molecular complexity index is 601. The topological polar surface area (TPSA) is 42.2 Å². The van der Waals surface area contributed by atoms with Crippen molar-refractivity contribution in [3.05, 3.63) is 42.4 Å². The molecule has 0 bridgehead atoms. The van der Waals surface area contributed by atoms with E-state index in [2.05, 4.69) is 27.7 Å².